The molecule has 1 aromatic heterocycles. The van der Waals surface area contributed by atoms with Crippen LogP contribution in [0.1, 0.15) is 35.3 Å². The first-order valence-corrected chi connectivity index (χ1v) is 7.06. The molecule has 21 heavy (non-hydrogen) atoms. The summed E-state index contributed by atoms with van der Waals surface area (Å²) in [6, 6.07) is 12.3. The standard InChI is InChI=1S/C17H17N3O/c1-12-7-15-8-13(9-18)4-5-16(15)17(21-11-20-12)14-3-2-6-19-10-14/h2-6,8,10,12,17,20H,7,11H2,1H3. The molecule has 2 aromatic rings. The van der Waals surface area contributed by atoms with Crippen LogP contribution in [0.5, 0.6) is 0 Å². The Labute approximate surface area is 124 Å². The Kier molecular flexibility index (Phi) is 3.96. The van der Waals surface area contributed by atoms with Gasteiger partial charge in [-0.25, -0.2) is 0 Å². The molecular weight excluding hydrogens is 262 g/mol. The number of fused-ring (bicyclic) bond motifs is 1. The van der Waals surface area contributed by atoms with Gasteiger partial charge in [-0.05, 0) is 42.7 Å². The molecule has 4 heteroatoms. The fraction of sp³-hybridized carbons (Fsp3) is 0.294. The summed E-state index contributed by atoms with van der Waals surface area (Å²) < 4.78 is 6.01. The van der Waals surface area contributed by atoms with Crippen LogP contribution in [0, 0.1) is 11.3 Å². The van der Waals surface area contributed by atoms with Gasteiger partial charge in [0, 0.05) is 24.0 Å². The van der Waals surface area contributed by atoms with E-state index >= 15 is 0 Å². The van der Waals surface area contributed by atoms with Gasteiger partial charge in [-0.3, -0.25) is 10.3 Å². The van der Waals surface area contributed by atoms with E-state index in [1.807, 2.05) is 36.5 Å². The average Bonchev–Trinajstić information content (AvgIpc) is 2.51. The normalized spacial score (nSPS) is 21.7. The van der Waals surface area contributed by atoms with Crippen molar-refractivity contribution in [2.75, 3.05) is 6.73 Å². The Morgan fingerprint density at radius 1 is 1.38 bits per heavy atom. The molecule has 3 rings (SSSR count). The smallest absolute Gasteiger partial charge is 0.111 e. The number of benzene rings is 1. The minimum absolute atomic E-state index is 0.151. The molecule has 1 aliphatic rings. The first-order chi connectivity index (χ1) is 10.3. The lowest BCUT2D eigenvalue weighted by Crippen LogP contribution is -2.34. The number of nitrogens with one attached hydrogen (secondary N) is 1. The molecule has 1 aromatic carbocycles. The molecule has 0 spiro atoms. The average molecular weight is 279 g/mol. The van der Waals surface area contributed by atoms with Crippen molar-refractivity contribution in [3.8, 4) is 6.07 Å². The topological polar surface area (TPSA) is 57.9 Å². The van der Waals surface area contributed by atoms with Crippen molar-refractivity contribution >= 4 is 0 Å². The summed E-state index contributed by atoms with van der Waals surface area (Å²) in [4.78, 5) is 4.18. The second-order valence-corrected chi connectivity index (χ2v) is 5.31. The molecule has 2 unspecified atom stereocenters. The van der Waals surface area contributed by atoms with Crippen molar-refractivity contribution in [1.29, 1.82) is 5.26 Å². The zero-order valence-electron chi connectivity index (χ0n) is 11.9. The van der Waals surface area contributed by atoms with Gasteiger partial charge in [-0.1, -0.05) is 12.1 Å². The zero-order valence-corrected chi connectivity index (χ0v) is 11.9. The molecule has 2 atom stereocenters. The van der Waals surface area contributed by atoms with E-state index in [2.05, 4.69) is 23.3 Å². The zero-order chi connectivity index (χ0) is 14.7. The van der Waals surface area contributed by atoms with E-state index in [0.29, 0.717) is 18.3 Å². The molecule has 0 fully saturated rings. The number of rotatable bonds is 1. The van der Waals surface area contributed by atoms with Crippen LogP contribution >= 0.6 is 0 Å². The number of hydrogen-bond donors (Lipinski definition) is 1. The summed E-state index contributed by atoms with van der Waals surface area (Å²) in [5, 5.41) is 12.4. The maximum atomic E-state index is 9.11. The minimum atomic E-state index is -0.151. The highest BCUT2D eigenvalue weighted by Gasteiger charge is 2.22. The predicted molar refractivity (Wildman–Crippen MR) is 79.5 cm³/mol. The first-order valence-electron chi connectivity index (χ1n) is 7.06. The molecule has 1 aliphatic heterocycles. The third-order valence-corrected chi connectivity index (χ3v) is 3.75. The van der Waals surface area contributed by atoms with Gasteiger partial charge in [0.2, 0.25) is 0 Å². The van der Waals surface area contributed by atoms with Crippen molar-refractivity contribution in [2.45, 2.75) is 25.5 Å². The highest BCUT2D eigenvalue weighted by atomic mass is 16.5. The Hall–Kier alpha value is -2.22. The van der Waals surface area contributed by atoms with Crippen LogP contribution in [0.2, 0.25) is 0 Å². The van der Waals surface area contributed by atoms with Crippen LogP contribution in [-0.2, 0) is 11.2 Å². The van der Waals surface area contributed by atoms with E-state index in [0.717, 1.165) is 23.1 Å². The lowest BCUT2D eigenvalue weighted by Gasteiger charge is -2.27. The van der Waals surface area contributed by atoms with E-state index in [4.69, 9.17) is 10.00 Å². The lowest BCUT2D eigenvalue weighted by molar-refractivity contribution is 0.0551. The van der Waals surface area contributed by atoms with Crippen LogP contribution in [0.4, 0.5) is 0 Å². The van der Waals surface area contributed by atoms with Crippen LogP contribution in [0.15, 0.2) is 42.7 Å². The predicted octanol–water partition coefficient (Wildman–Crippen LogP) is 2.55. The molecule has 0 radical (unpaired) electrons. The van der Waals surface area contributed by atoms with Gasteiger partial charge >= 0.3 is 0 Å². The van der Waals surface area contributed by atoms with Gasteiger partial charge in [0.05, 0.1) is 18.4 Å². The van der Waals surface area contributed by atoms with Crippen LogP contribution in [0.25, 0.3) is 0 Å². The van der Waals surface area contributed by atoms with Gasteiger partial charge in [0.1, 0.15) is 6.10 Å². The Morgan fingerprint density at radius 3 is 3.05 bits per heavy atom. The Morgan fingerprint density at radius 2 is 2.29 bits per heavy atom. The Bertz CT molecular complexity index is 663. The van der Waals surface area contributed by atoms with E-state index < -0.39 is 0 Å². The van der Waals surface area contributed by atoms with Crippen molar-refractivity contribution in [2.24, 2.45) is 0 Å². The van der Waals surface area contributed by atoms with Gasteiger partial charge in [0.15, 0.2) is 0 Å². The molecule has 4 nitrogen and oxygen atoms in total. The number of ether oxygens (including phenoxy) is 1. The number of nitriles is 1. The Balaban J connectivity index is 2.08. The van der Waals surface area contributed by atoms with E-state index in [9.17, 15) is 0 Å². The second-order valence-electron chi connectivity index (χ2n) is 5.31. The van der Waals surface area contributed by atoms with Gasteiger partial charge in [-0.15, -0.1) is 0 Å². The molecule has 1 N–H and O–H groups in total. The largest absolute Gasteiger partial charge is 0.354 e. The van der Waals surface area contributed by atoms with Crippen LogP contribution in [-0.4, -0.2) is 17.8 Å². The third-order valence-electron chi connectivity index (χ3n) is 3.75. The lowest BCUT2D eigenvalue weighted by atomic mass is 9.92. The molecule has 106 valence electrons. The maximum absolute atomic E-state index is 9.11. The van der Waals surface area contributed by atoms with Crippen LogP contribution < -0.4 is 5.32 Å². The highest BCUT2D eigenvalue weighted by molar-refractivity contribution is 5.42. The number of aromatic nitrogens is 1. The summed E-state index contributed by atoms with van der Waals surface area (Å²) in [5.41, 5.74) is 3.99. The molecule has 2 heterocycles. The van der Waals surface area contributed by atoms with Gasteiger partial charge in [0.25, 0.3) is 0 Å². The summed E-state index contributed by atoms with van der Waals surface area (Å²) >= 11 is 0. The van der Waals surface area contributed by atoms with E-state index in [1.165, 1.54) is 0 Å². The summed E-state index contributed by atoms with van der Waals surface area (Å²) in [6.07, 6.45) is 4.32. The number of nitrogens with zero attached hydrogens (tertiary/aromatic N) is 2. The van der Waals surface area contributed by atoms with Crippen molar-refractivity contribution in [3.05, 3.63) is 65.0 Å². The van der Waals surface area contributed by atoms with Crippen LogP contribution in [0.3, 0.4) is 0 Å². The number of hydrogen-bond acceptors (Lipinski definition) is 4. The number of pyridine rings is 1. The quantitative estimate of drug-likeness (QED) is 0.871. The van der Waals surface area contributed by atoms with Crippen molar-refractivity contribution in [3.63, 3.8) is 0 Å². The minimum Gasteiger partial charge on any atom is -0.354 e. The SMILES string of the molecule is CC1Cc2cc(C#N)ccc2C(c2cccnc2)OCN1. The van der Waals surface area contributed by atoms with Crippen molar-refractivity contribution < 1.29 is 4.74 Å². The summed E-state index contributed by atoms with van der Waals surface area (Å²) in [6.45, 7) is 2.62. The van der Waals surface area contributed by atoms with E-state index in [-0.39, 0.29) is 6.10 Å². The fourth-order valence-electron chi connectivity index (χ4n) is 2.68. The molecule has 0 amide bonds. The first kappa shape index (κ1) is 13.7. The fourth-order valence-corrected chi connectivity index (χ4v) is 2.68. The highest BCUT2D eigenvalue weighted by Crippen LogP contribution is 2.30. The maximum Gasteiger partial charge on any atom is 0.111 e. The van der Waals surface area contributed by atoms with E-state index in [1.54, 1.807) is 6.20 Å². The molecule has 0 saturated heterocycles. The molecule has 0 saturated carbocycles. The monoisotopic (exact) mass is 279 g/mol. The molecule has 0 bridgehead atoms. The molecule has 0 aliphatic carbocycles. The summed E-state index contributed by atoms with van der Waals surface area (Å²) in [5.74, 6) is 0. The van der Waals surface area contributed by atoms with Gasteiger partial charge < -0.3 is 4.74 Å². The summed E-state index contributed by atoms with van der Waals surface area (Å²) in [7, 11) is 0. The second kappa shape index (κ2) is 6.04. The molecular formula is C17H17N3O. The third kappa shape index (κ3) is 2.94. The van der Waals surface area contributed by atoms with Gasteiger partial charge in [-0.2, -0.15) is 5.26 Å². The van der Waals surface area contributed by atoms with Crippen molar-refractivity contribution in [1.82, 2.24) is 10.3 Å².